The van der Waals surface area contributed by atoms with E-state index in [1.54, 1.807) is 0 Å². The van der Waals surface area contributed by atoms with Crippen LogP contribution in [0.4, 0.5) is 0 Å². The molecule has 0 fully saturated rings. The lowest BCUT2D eigenvalue weighted by molar-refractivity contribution is 0.650. The molecule has 2 aromatic rings. The Morgan fingerprint density at radius 1 is 1.15 bits per heavy atom. The molecule has 2 nitrogen and oxygen atoms in total. The molecule has 0 spiro atoms. The summed E-state index contributed by atoms with van der Waals surface area (Å²) in [5, 5.41) is 1.30. The van der Waals surface area contributed by atoms with E-state index >= 15 is 0 Å². The summed E-state index contributed by atoms with van der Waals surface area (Å²) in [7, 11) is -1.39. The van der Waals surface area contributed by atoms with Gasteiger partial charge in [0.2, 0.25) is 0 Å². The Balaban J connectivity index is 2.62. The van der Waals surface area contributed by atoms with Crippen molar-refractivity contribution < 1.29 is 4.21 Å². The van der Waals surface area contributed by atoms with Crippen molar-refractivity contribution >= 4 is 39.9 Å². The number of allylic oxidation sites excluding steroid dienone is 1. The zero-order valence-electron chi connectivity index (χ0n) is 15.2. The predicted octanol–water partition coefficient (Wildman–Crippen LogP) is 6.60. The summed E-state index contributed by atoms with van der Waals surface area (Å²) in [5.74, 6) is -0.0984. The van der Waals surface area contributed by atoms with E-state index in [4.69, 9.17) is 23.2 Å². The van der Waals surface area contributed by atoms with Gasteiger partial charge >= 0.3 is 0 Å². The molecular weight excluding hydrogens is 385 g/mol. The van der Waals surface area contributed by atoms with Gasteiger partial charge in [0, 0.05) is 16.0 Å². The Labute approximate surface area is 168 Å². The molecule has 1 unspecified atom stereocenters. The summed E-state index contributed by atoms with van der Waals surface area (Å²) in [6.07, 6.45) is 2.50. The van der Waals surface area contributed by atoms with Crippen molar-refractivity contribution in [2.45, 2.75) is 37.9 Å². The summed E-state index contributed by atoms with van der Waals surface area (Å²) < 4.78 is 16.9. The van der Waals surface area contributed by atoms with Gasteiger partial charge in [-0.3, -0.25) is 0 Å². The maximum atomic E-state index is 12.8. The van der Waals surface area contributed by atoms with E-state index in [1.807, 2.05) is 75.4 Å². The molecule has 2 aromatic carbocycles. The van der Waals surface area contributed by atoms with Gasteiger partial charge in [0.15, 0.2) is 0 Å². The topological polar surface area (TPSA) is 29.4 Å². The maximum absolute atomic E-state index is 12.8. The Bertz CT molecular complexity index is 823. The fraction of sp³-hybridized carbons (Fsp3) is 0.286. The van der Waals surface area contributed by atoms with E-state index < -0.39 is 15.7 Å². The number of hydrogen-bond donors (Lipinski definition) is 0. The van der Waals surface area contributed by atoms with Crippen LogP contribution < -0.4 is 0 Å². The first kappa shape index (κ1) is 20.9. The molecule has 0 aliphatic carbocycles. The molecule has 0 radical (unpaired) electrons. The minimum Gasteiger partial charge on any atom is -0.234 e. The number of benzene rings is 2. The van der Waals surface area contributed by atoms with Gasteiger partial charge in [-0.15, -0.1) is 6.58 Å². The summed E-state index contributed by atoms with van der Waals surface area (Å²) in [4.78, 5) is 0. The molecular formula is C21H23Cl2NOS. The van der Waals surface area contributed by atoms with Crippen molar-refractivity contribution in [2.24, 2.45) is 4.40 Å². The molecule has 0 saturated heterocycles. The molecule has 26 heavy (non-hydrogen) atoms. The van der Waals surface area contributed by atoms with Gasteiger partial charge in [0.1, 0.15) is 11.0 Å². The Hall–Kier alpha value is -1.42. The van der Waals surface area contributed by atoms with Gasteiger partial charge in [0.05, 0.1) is 10.5 Å². The minimum atomic E-state index is -1.39. The van der Waals surface area contributed by atoms with Crippen LogP contribution in [0.1, 0.15) is 44.2 Å². The van der Waals surface area contributed by atoms with Crippen molar-refractivity contribution in [1.29, 1.82) is 0 Å². The smallest absolute Gasteiger partial charge is 0.145 e. The van der Waals surface area contributed by atoms with Crippen LogP contribution >= 0.6 is 23.2 Å². The Morgan fingerprint density at radius 3 is 2.35 bits per heavy atom. The highest BCUT2D eigenvalue weighted by molar-refractivity contribution is 7.85. The molecule has 2 rings (SSSR count). The van der Waals surface area contributed by atoms with Crippen LogP contribution in [0.3, 0.4) is 0 Å². The third-order valence-corrected chi connectivity index (χ3v) is 5.73. The van der Waals surface area contributed by atoms with E-state index in [9.17, 15) is 4.21 Å². The molecule has 5 heteroatoms. The molecule has 0 N–H and O–H groups in total. The molecule has 0 aliphatic heterocycles. The lowest BCUT2D eigenvalue weighted by Crippen LogP contribution is -2.23. The van der Waals surface area contributed by atoms with Gasteiger partial charge in [-0.25, -0.2) is 4.21 Å². The fourth-order valence-electron chi connectivity index (χ4n) is 2.46. The standard InChI is InChI=1S/C21H23Cl2NOS/c1-5-7-19(16-8-6-9-18(23)14-16)20(24-26(25)21(2,3)4)15-10-12-17(22)13-11-15/h5-6,8-14,19H,1,7H2,2-4H3/t19-,26?/m0/s1. The summed E-state index contributed by atoms with van der Waals surface area (Å²) in [6.45, 7) is 9.61. The Kier molecular flexibility index (Phi) is 7.22. The third-order valence-electron chi connectivity index (χ3n) is 3.83. The highest BCUT2D eigenvalue weighted by Crippen LogP contribution is 2.29. The zero-order chi connectivity index (χ0) is 19.3. The fourth-order valence-corrected chi connectivity index (χ4v) is 3.47. The lowest BCUT2D eigenvalue weighted by Gasteiger charge is -2.21. The van der Waals surface area contributed by atoms with Crippen molar-refractivity contribution in [2.75, 3.05) is 0 Å². The van der Waals surface area contributed by atoms with Crippen LogP contribution in [-0.2, 0) is 11.0 Å². The minimum absolute atomic E-state index is 0.0984. The molecule has 0 saturated carbocycles. The second-order valence-corrected chi connectivity index (χ2v) is 9.76. The molecule has 2 atom stereocenters. The first-order chi connectivity index (χ1) is 12.2. The van der Waals surface area contributed by atoms with Gasteiger partial charge < -0.3 is 0 Å². The molecule has 0 aromatic heterocycles. The molecule has 0 heterocycles. The van der Waals surface area contributed by atoms with Crippen LogP contribution in [0.5, 0.6) is 0 Å². The van der Waals surface area contributed by atoms with Crippen LogP contribution in [0.15, 0.2) is 65.6 Å². The van der Waals surface area contributed by atoms with Gasteiger partial charge in [-0.1, -0.05) is 53.5 Å². The van der Waals surface area contributed by atoms with Crippen molar-refractivity contribution in [3.05, 3.63) is 82.4 Å². The van der Waals surface area contributed by atoms with Gasteiger partial charge in [-0.05, 0) is 62.6 Å². The lowest BCUT2D eigenvalue weighted by atomic mass is 9.87. The van der Waals surface area contributed by atoms with Crippen LogP contribution in [-0.4, -0.2) is 14.7 Å². The highest BCUT2D eigenvalue weighted by Gasteiger charge is 2.25. The monoisotopic (exact) mass is 407 g/mol. The average molecular weight is 408 g/mol. The maximum Gasteiger partial charge on any atom is 0.145 e. The third kappa shape index (κ3) is 5.54. The predicted molar refractivity (Wildman–Crippen MR) is 115 cm³/mol. The number of halogens is 2. The number of rotatable bonds is 6. The molecule has 0 aliphatic rings. The normalized spacial score (nSPS) is 14.7. The SMILES string of the molecule is C=CC[C@H](C(=NS(=O)C(C)(C)C)c1ccc(Cl)cc1)c1cccc(Cl)c1. The number of nitrogens with zero attached hydrogens (tertiary/aromatic N) is 1. The van der Waals surface area contributed by atoms with E-state index in [0.717, 1.165) is 16.8 Å². The Morgan fingerprint density at radius 2 is 1.81 bits per heavy atom. The molecule has 138 valence electrons. The van der Waals surface area contributed by atoms with Crippen molar-refractivity contribution in [3.8, 4) is 0 Å². The molecule has 0 amide bonds. The quantitative estimate of drug-likeness (QED) is 0.391. The van der Waals surface area contributed by atoms with Crippen molar-refractivity contribution in [1.82, 2.24) is 0 Å². The van der Waals surface area contributed by atoms with Gasteiger partial charge in [0.25, 0.3) is 0 Å². The summed E-state index contributed by atoms with van der Waals surface area (Å²) in [5.41, 5.74) is 2.65. The van der Waals surface area contributed by atoms with E-state index in [0.29, 0.717) is 16.5 Å². The first-order valence-electron chi connectivity index (χ1n) is 8.35. The van der Waals surface area contributed by atoms with E-state index in [-0.39, 0.29) is 5.92 Å². The van der Waals surface area contributed by atoms with E-state index in [2.05, 4.69) is 11.0 Å². The molecule has 0 bridgehead atoms. The second kappa shape index (κ2) is 8.98. The van der Waals surface area contributed by atoms with Crippen LogP contribution in [0.2, 0.25) is 10.0 Å². The second-order valence-electron chi connectivity index (χ2n) is 6.98. The largest absolute Gasteiger partial charge is 0.234 e. The summed E-state index contributed by atoms with van der Waals surface area (Å²) >= 11 is 12.2. The zero-order valence-corrected chi connectivity index (χ0v) is 17.5. The van der Waals surface area contributed by atoms with Crippen molar-refractivity contribution in [3.63, 3.8) is 0 Å². The van der Waals surface area contributed by atoms with Crippen LogP contribution in [0.25, 0.3) is 0 Å². The van der Waals surface area contributed by atoms with Crippen LogP contribution in [0, 0.1) is 0 Å². The van der Waals surface area contributed by atoms with E-state index in [1.165, 1.54) is 0 Å². The van der Waals surface area contributed by atoms with Gasteiger partial charge in [-0.2, -0.15) is 4.40 Å². The summed E-state index contributed by atoms with van der Waals surface area (Å²) in [6, 6.07) is 15.1. The highest BCUT2D eigenvalue weighted by atomic mass is 35.5. The first-order valence-corrected chi connectivity index (χ1v) is 10.2. The average Bonchev–Trinajstić information content (AvgIpc) is 2.58. The number of hydrogen-bond acceptors (Lipinski definition) is 1.